The van der Waals surface area contributed by atoms with E-state index in [2.05, 4.69) is 10.3 Å². The van der Waals surface area contributed by atoms with Crippen molar-refractivity contribution in [1.82, 2.24) is 20.1 Å². The lowest BCUT2D eigenvalue weighted by atomic mass is 10.1. The second kappa shape index (κ2) is 9.00. The number of nitrogens with zero attached hydrogens (tertiary/aromatic N) is 3. The molecular formula is C26H22N4O3. The van der Waals surface area contributed by atoms with Gasteiger partial charge in [-0.15, -0.1) is 0 Å². The molecule has 0 aliphatic rings. The number of benzene rings is 2. The Morgan fingerprint density at radius 3 is 2.67 bits per heavy atom. The molecule has 1 amide bonds. The van der Waals surface area contributed by atoms with Crippen molar-refractivity contribution < 1.29 is 13.9 Å². The fourth-order valence-corrected chi connectivity index (χ4v) is 3.76. The molecule has 0 atom stereocenters. The fraction of sp³-hybridized carbons (Fsp3) is 0.115. The van der Waals surface area contributed by atoms with E-state index in [-0.39, 0.29) is 12.3 Å². The molecule has 0 fully saturated rings. The van der Waals surface area contributed by atoms with Crippen LogP contribution in [-0.4, -0.2) is 27.8 Å². The molecule has 5 rings (SSSR count). The maximum absolute atomic E-state index is 12.8. The minimum Gasteiger partial charge on any atom is -0.497 e. The van der Waals surface area contributed by atoms with Crippen LogP contribution in [0.5, 0.6) is 5.75 Å². The van der Waals surface area contributed by atoms with Gasteiger partial charge in [0.1, 0.15) is 11.3 Å². The predicted octanol–water partition coefficient (Wildman–Crippen LogP) is 4.55. The van der Waals surface area contributed by atoms with Gasteiger partial charge in [0.15, 0.2) is 0 Å². The van der Waals surface area contributed by atoms with Crippen LogP contribution in [0.1, 0.15) is 11.1 Å². The van der Waals surface area contributed by atoms with E-state index < -0.39 is 0 Å². The number of ether oxygens (including phenoxy) is 1. The molecule has 3 heterocycles. The van der Waals surface area contributed by atoms with E-state index in [9.17, 15) is 4.79 Å². The smallest absolute Gasteiger partial charge is 0.224 e. The van der Waals surface area contributed by atoms with Crippen LogP contribution >= 0.6 is 0 Å². The van der Waals surface area contributed by atoms with Crippen LogP contribution in [0.2, 0.25) is 0 Å². The zero-order chi connectivity index (χ0) is 22.6. The summed E-state index contributed by atoms with van der Waals surface area (Å²) in [5, 5.41) is 8.70. The molecule has 7 heteroatoms. The Bertz CT molecular complexity index is 1390. The van der Waals surface area contributed by atoms with E-state index in [1.807, 2.05) is 71.5 Å². The highest BCUT2D eigenvalue weighted by Gasteiger charge is 2.15. The summed E-state index contributed by atoms with van der Waals surface area (Å²) in [6.45, 7) is 0.354. The summed E-state index contributed by atoms with van der Waals surface area (Å²) in [5.74, 6) is 0.619. The molecule has 2 aromatic carbocycles. The first-order valence-corrected chi connectivity index (χ1v) is 10.6. The van der Waals surface area contributed by atoms with Crippen molar-refractivity contribution in [2.75, 3.05) is 7.11 Å². The van der Waals surface area contributed by atoms with Crippen molar-refractivity contribution in [3.8, 4) is 22.7 Å². The molecule has 0 aliphatic carbocycles. The summed E-state index contributed by atoms with van der Waals surface area (Å²) < 4.78 is 12.7. The summed E-state index contributed by atoms with van der Waals surface area (Å²) in [7, 11) is 1.61. The van der Waals surface area contributed by atoms with Crippen LogP contribution in [0.25, 0.3) is 27.9 Å². The highest BCUT2D eigenvalue weighted by molar-refractivity contribution is 5.88. The van der Waals surface area contributed by atoms with Gasteiger partial charge in [0.05, 0.1) is 31.2 Å². The number of pyridine rings is 1. The first-order valence-electron chi connectivity index (χ1n) is 10.6. The van der Waals surface area contributed by atoms with Gasteiger partial charge < -0.3 is 14.5 Å². The summed E-state index contributed by atoms with van der Waals surface area (Å²) in [5.41, 5.74) is 5.15. The SMILES string of the molecule is COc1ccc2c(CC(=O)NCc3cn(-c4ccccc4)nc3-c3ccncc3)coc2c1. The lowest BCUT2D eigenvalue weighted by Gasteiger charge is -2.05. The van der Waals surface area contributed by atoms with Crippen molar-refractivity contribution >= 4 is 16.9 Å². The monoisotopic (exact) mass is 438 g/mol. The van der Waals surface area contributed by atoms with E-state index in [1.54, 1.807) is 25.8 Å². The number of aromatic nitrogens is 3. The van der Waals surface area contributed by atoms with Crippen molar-refractivity contribution in [1.29, 1.82) is 0 Å². The van der Waals surface area contributed by atoms with Crippen LogP contribution in [0, 0.1) is 0 Å². The Morgan fingerprint density at radius 1 is 1.06 bits per heavy atom. The van der Waals surface area contributed by atoms with E-state index in [1.165, 1.54) is 0 Å². The van der Waals surface area contributed by atoms with Crippen LogP contribution in [-0.2, 0) is 17.8 Å². The number of carbonyl (C=O) groups is 1. The van der Waals surface area contributed by atoms with Gasteiger partial charge in [-0.3, -0.25) is 9.78 Å². The second-order valence-corrected chi connectivity index (χ2v) is 7.60. The van der Waals surface area contributed by atoms with E-state index >= 15 is 0 Å². The van der Waals surface area contributed by atoms with Crippen LogP contribution in [0.4, 0.5) is 0 Å². The highest BCUT2D eigenvalue weighted by Crippen LogP contribution is 2.26. The van der Waals surface area contributed by atoms with Gasteiger partial charge >= 0.3 is 0 Å². The third-order valence-corrected chi connectivity index (χ3v) is 5.45. The topological polar surface area (TPSA) is 82.2 Å². The molecular weight excluding hydrogens is 416 g/mol. The highest BCUT2D eigenvalue weighted by atomic mass is 16.5. The Labute approximate surface area is 190 Å². The molecule has 0 saturated heterocycles. The number of hydrogen-bond acceptors (Lipinski definition) is 5. The Hall–Kier alpha value is -4.39. The average molecular weight is 438 g/mol. The maximum Gasteiger partial charge on any atom is 0.224 e. The van der Waals surface area contributed by atoms with Gasteiger partial charge in [-0.05, 0) is 36.4 Å². The lowest BCUT2D eigenvalue weighted by Crippen LogP contribution is -2.24. The summed E-state index contributed by atoms with van der Waals surface area (Å²) in [6.07, 6.45) is 7.26. The average Bonchev–Trinajstić information content (AvgIpc) is 3.48. The van der Waals surface area contributed by atoms with E-state index in [0.717, 1.165) is 33.5 Å². The molecule has 3 aromatic heterocycles. The van der Waals surface area contributed by atoms with Crippen LogP contribution < -0.4 is 10.1 Å². The maximum atomic E-state index is 12.8. The van der Waals surface area contributed by atoms with Gasteiger partial charge in [0.25, 0.3) is 0 Å². The normalized spacial score (nSPS) is 10.9. The third-order valence-electron chi connectivity index (χ3n) is 5.45. The standard InChI is InChI=1S/C26H22N4O3/c1-32-22-7-8-23-19(17-33-24(23)14-22)13-25(31)28-15-20-16-30(21-5-3-2-4-6-21)29-26(20)18-9-11-27-12-10-18/h2-12,14,16-17H,13,15H2,1H3,(H,28,31). The molecule has 7 nitrogen and oxygen atoms in total. The quantitative estimate of drug-likeness (QED) is 0.403. The number of rotatable bonds is 7. The van der Waals surface area contributed by atoms with Crippen molar-refractivity contribution in [2.45, 2.75) is 13.0 Å². The largest absolute Gasteiger partial charge is 0.497 e. The number of methoxy groups -OCH3 is 1. The van der Waals surface area contributed by atoms with Crippen molar-refractivity contribution in [3.63, 3.8) is 0 Å². The summed E-state index contributed by atoms with van der Waals surface area (Å²) >= 11 is 0. The molecule has 164 valence electrons. The van der Waals surface area contributed by atoms with Gasteiger partial charge in [0.2, 0.25) is 5.91 Å². The van der Waals surface area contributed by atoms with Crippen molar-refractivity contribution in [2.24, 2.45) is 0 Å². The van der Waals surface area contributed by atoms with Gasteiger partial charge in [-0.25, -0.2) is 4.68 Å². The van der Waals surface area contributed by atoms with Crippen LogP contribution in [0.3, 0.4) is 0 Å². The predicted molar refractivity (Wildman–Crippen MR) is 125 cm³/mol. The molecule has 33 heavy (non-hydrogen) atoms. The number of fused-ring (bicyclic) bond motifs is 1. The zero-order valence-electron chi connectivity index (χ0n) is 18.1. The molecule has 0 bridgehead atoms. The number of amides is 1. The molecule has 0 radical (unpaired) electrons. The number of carbonyl (C=O) groups excluding carboxylic acids is 1. The Morgan fingerprint density at radius 2 is 1.88 bits per heavy atom. The van der Waals surface area contributed by atoms with E-state index in [4.69, 9.17) is 14.3 Å². The second-order valence-electron chi connectivity index (χ2n) is 7.60. The first-order chi connectivity index (χ1) is 16.2. The summed E-state index contributed by atoms with van der Waals surface area (Å²) in [4.78, 5) is 16.9. The molecule has 1 N–H and O–H groups in total. The molecule has 0 saturated carbocycles. The number of nitrogens with one attached hydrogen (secondary N) is 1. The number of hydrogen-bond donors (Lipinski definition) is 1. The molecule has 5 aromatic rings. The Balaban J connectivity index is 1.35. The molecule has 0 unspecified atom stereocenters. The third kappa shape index (κ3) is 4.34. The lowest BCUT2D eigenvalue weighted by molar-refractivity contribution is -0.120. The Kier molecular flexibility index (Phi) is 5.59. The van der Waals surface area contributed by atoms with Gasteiger partial charge in [-0.1, -0.05) is 18.2 Å². The minimum absolute atomic E-state index is 0.0957. The fourth-order valence-electron chi connectivity index (χ4n) is 3.76. The van der Waals surface area contributed by atoms with Crippen LogP contribution in [0.15, 0.2) is 89.9 Å². The first kappa shape index (κ1) is 20.5. The number of para-hydroxylation sites is 1. The van der Waals surface area contributed by atoms with Gasteiger partial charge in [-0.2, -0.15) is 5.10 Å². The molecule has 0 spiro atoms. The zero-order valence-corrected chi connectivity index (χ0v) is 18.1. The van der Waals surface area contributed by atoms with Crippen molar-refractivity contribution in [3.05, 3.63) is 96.6 Å². The summed E-state index contributed by atoms with van der Waals surface area (Å²) in [6, 6.07) is 19.3. The van der Waals surface area contributed by atoms with E-state index in [0.29, 0.717) is 17.9 Å². The minimum atomic E-state index is -0.0957. The molecule has 0 aliphatic heterocycles. The number of furan rings is 1. The van der Waals surface area contributed by atoms with Gasteiger partial charge in [0, 0.05) is 53.3 Å².